The molecule has 0 spiro atoms. The van der Waals surface area contributed by atoms with Crippen LogP contribution in [0.5, 0.6) is 5.75 Å². The molecule has 3 N–H and O–H groups in total. The lowest BCUT2D eigenvalue weighted by Crippen LogP contribution is -2.24. The van der Waals surface area contributed by atoms with Crippen molar-refractivity contribution in [2.45, 2.75) is 39.7 Å². The minimum absolute atomic E-state index is 0.0158. The van der Waals surface area contributed by atoms with Crippen molar-refractivity contribution in [1.82, 2.24) is 4.57 Å². The Morgan fingerprint density at radius 3 is 2.33 bits per heavy atom. The van der Waals surface area contributed by atoms with Gasteiger partial charge in [0, 0.05) is 12.2 Å². The zero-order valence-corrected chi connectivity index (χ0v) is 15.7. The smallest absolute Gasteiger partial charge is 0.289 e. The van der Waals surface area contributed by atoms with Crippen LogP contribution in [0.2, 0.25) is 0 Å². The molecule has 5 nitrogen and oxygen atoms in total. The number of rotatable bonds is 7. The second-order valence-corrected chi connectivity index (χ2v) is 6.62. The monoisotopic (exact) mass is 364 g/mol. The van der Waals surface area contributed by atoms with Gasteiger partial charge in [0.2, 0.25) is 0 Å². The number of Topliss-reactive ketones (excluding diaryl/α,β-unsaturated/α-hetero) is 1. The molecule has 1 amide bonds. The second kappa shape index (κ2) is 7.66. The summed E-state index contributed by atoms with van der Waals surface area (Å²) < 4.78 is 2.04. The highest BCUT2D eigenvalue weighted by atomic mass is 16.3. The zero-order valence-electron chi connectivity index (χ0n) is 15.7. The molecule has 0 fully saturated rings. The van der Waals surface area contributed by atoms with Gasteiger partial charge in [0.15, 0.2) is 0 Å². The lowest BCUT2D eigenvalue weighted by atomic mass is 10.0. The van der Waals surface area contributed by atoms with Gasteiger partial charge in [0.25, 0.3) is 11.7 Å². The quantitative estimate of drug-likeness (QED) is 0.498. The van der Waals surface area contributed by atoms with Gasteiger partial charge in [0.05, 0.1) is 16.5 Å². The van der Waals surface area contributed by atoms with Crippen LogP contribution in [0.1, 0.15) is 41.0 Å². The fraction of sp³-hybridized carbons (Fsp3) is 0.273. The van der Waals surface area contributed by atoms with E-state index in [-0.39, 0.29) is 11.3 Å². The number of hydrogen-bond acceptors (Lipinski definition) is 3. The molecule has 5 heteroatoms. The van der Waals surface area contributed by atoms with Gasteiger partial charge in [-0.25, -0.2) is 0 Å². The third-order valence-corrected chi connectivity index (χ3v) is 4.97. The standard InChI is InChI=1S/C22H24N2O3/c1-3-14-12-17-19(18(25)13-14)20(21(26)22(23)27)16(4-2)24(17)11-10-15-8-6-5-7-9-15/h5-9,12-13,25H,3-4,10-11H2,1-2H3,(H2,23,27). The molecule has 3 rings (SSSR count). The second-order valence-electron chi connectivity index (χ2n) is 6.62. The Bertz CT molecular complexity index is 1000. The summed E-state index contributed by atoms with van der Waals surface area (Å²) in [6.07, 6.45) is 2.09. The number of aryl methyl sites for hydroxylation is 3. The molecule has 27 heavy (non-hydrogen) atoms. The number of hydrogen-bond donors (Lipinski definition) is 2. The highest BCUT2D eigenvalue weighted by molar-refractivity contribution is 6.45. The van der Waals surface area contributed by atoms with Crippen LogP contribution in [0.25, 0.3) is 10.9 Å². The first-order valence-electron chi connectivity index (χ1n) is 9.22. The molecule has 3 aromatic rings. The van der Waals surface area contributed by atoms with Crippen molar-refractivity contribution in [2.75, 3.05) is 0 Å². The minimum atomic E-state index is -1.01. The number of nitrogens with two attached hydrogens (primary N) is 1. The zero-order chi connectivity index (χ0) is 19.6. The first kappa shape index (κ1) is 18.7. The van der Waals surface area contributed by atoms with Crippen LogP contribution in [-0.2, 0) is 30.6 Å². The molecule has 0 saturated heterocycles. The molecular weight excluding hydrogens is 340 g/mol. The van der Waals surface area contributed by atoms with Crippen molar-refractivity contribution in [1.29, 1.82) is 0 Å². The lowest BCUT2D eigenvalue weighted by molar-refractivity contribution is -0.114. The number of aromatic hydroxyl groups is 1. The van der Waals surface area contributed by atoms with Gasteiger partial charge >= 0.3 is 0 Å². The Hall–Kier alpha value is -3.08. The van der Waals surface area contributed by atoms with Crippen LogP contribution >= 0.6 is 0 Å². The summed E-state index contributed by atoms with van der Waals surface area (Å²) in [6, 6.07) is 13.7. The van der Waals surface area contributed by atoms with E-state index < -0.39 is 11.7 Å². The molecule has 1 aromatic heterocycles. The van der Waals surface area contributed by atoms with Crippen LogP contribution < -0.4 is 5.73 Å². The Morgan fingerprint density at radius 1 is 1.04 bits per heavy atom. The number of ketones is 1. The molecule has 0 aliphatic carbocycles. The van der Waals surface area contributed by atoms with Crippen molar-refractivity contribution in [3.05, 3.63) is 64.8 Å². The number of benzene rings is 2. The maximum atomic E-state index is 12.5. The van der Waals surface area contributed by atoms with E-state index in [1.165, 1.54) is 5.56 Å². The van der Waals surface area contributed by atoms with E-state index in [1.807, 2.05) is 42.7 Å². The normalized spacial score (nSPS) is 11.0. The maximum Gasteiger partial charge on any atom is 0.289 e. The molecule has 0 atom stereocenters. The summed E-state index contributed by atoms with van der Waals surface area (Å²) >= 11 is 0. The minimum Gasteiger partial charge on any atom is -0.507 e. The summed E-state index contributed by atoms with van der Waals surface area (Å²) in [4.78, 5) is 24.1. The first-order chi connectivity index (χ1) is 13.0. The molecule has 0 unspecified atom stereocenters. The van der Waals surface area contributed by atoms with Crippen LogP contribution in [0.4, 0.5) is 0 Å². The Kier molecular flexibility index (Phi) is 5.31. The van der Waals surface area contributed by atoms with E-state index in [9.17, 15) is 14.7 Å². The van der Waals surface area contributed by atoms with Crippen molar-refractivity contribution in [3.63, 3.8) is 0 Å². The number of primary amides is 1. The van der Waals surface area contributed by atoms with E-state index in [2.05, 4.69) is 12.1 Å². The average molecular weight is 364 g/mol. The number of carbonyl (C=O) groups excluding carboxylic acids is 2. The van der Waals surface area contributed by atoms with E-state index in [4.69, 9.17) is 5.73 Å². The molecule has 1 heterocycles. The topological polar surface area (TPSA) is 85.3 Å². The van der Waals surface area contributed by atoms with Crippen molar-refractivity contribution < 1.29 is 14.7 Å². The van der Waals surface area contributed by atoms with E-state index in [0.29, 0.717) is 18.4 Å². The van der Waals surface area contributed by atoms with Gasteiger partial charge in [0.1, 0.15) is 5.75 Å². The van der Waals surface area contributed by atoms with Gasteiger partial charge in [-0.1, -0.05) is 44.2 Å². The van der Waals surface area contributed by atoms with Gasteiger partial charge in [-0.15, -0.1) is 0 Å². The van der Waals surface area contributed by atoms with Crippen LogP contribution in [0, 0.1) is 0 Å². The van der Waals surface area contributed by atoms with Crippen molar-refractivity contribution in [3.8, 4) is 5.75 Å². The van der Waals surface area contributed by atoms with E-state index >= 15 is 0 Å². The molecule has 0 aliphatic rings. The summed E-state index contributed by atoms with van der Waals surface area (Å²) in [6.45, 7) is 4.58. The van der Waals surface area contributed by atoms with Crippen LogP contribution in [0.3, 0.4) is 0 Å². The molecule has 0 bridgehead atoms. The largest absolute Gasteiger partial charge is 0.507 e. The highest BCUT2D eigenvalue weighted by Gasteiger charge is 2.27. The molecule has 0 saturated carbocycles. The average Bonchev–Trinajstić information content (AvgIpc) is 3.00. The van der Waals surface area contributed by atoms with E-state index in [1.54, 1.807) is 6.07 Å². The number of amides is 1. The Morgan fingerprint density at radius 2 is 1.74 bits per heavy atom. The number of fused-ring (bicyclic) bond motifs is 1. The number of nitrogens with zero attached hydrogens (tertiary/aromatic N) is 1. The Balaban J connectivity index is 2.22. The maximum absolute atomic E-state index is 12.5. The molecular formula is C22H24N2O3. The number of carbonyl (C=O) groups is 2. The van der Waals surface area contributed by atoms with Crippen molar-refractivity contribution >= 4 is 22.6 Å². The van der Waals surface area contributed by atoms with E-state index in [0.717, 1.165) is 29.6 Å². The number of phenols is 1. The lowest BCUT2D eigenvalue weighted by Gasteiger charge is -2.11. The Labute approximate surface area is 158 Å². The van der Waals surface area contributed by atoms with Crippen LogP contribution in [-0.4, -0.2) is 21.4 Å². The molecule has 0 radical (unpaired) electrons. The highest BCUT2D eigenvalue weighted by Crippen LogP contribution is 2.35. The third kappa shape index (κ3) is 3.45. The summed E-state index contributed by atoms with van der Waals surface area (Å²) in [5.74, 6) is -1.75. The van der Waals surface area contributed by atoms with Gasteiger partial charge in [-0.2, -0.15) is 0 Å². The summed E-state index contributed by atoms with van der Waals surface area (Å²) in [5, 5.41) is 11.0. The predicted molar refractivity (Wildman–Crippen MR) is 106 cm³/mol. The third-order valence-electron chi connectivity index (χ3n) is 4.97. The van der Waals surface area contributed by atoms with Gasteiger partial charge in [-0.3, -0.25) is 9.59 Å². The SMILES string of the molecule is CCc1cc(O)c2c(C(=O)C(N)=O)c(CC)n(CCc3ccccc3)c2c1. The number of phenolic OH excluding ortho intramolecular Hbond substituents is 1. The molecule has 0 aliphatic heterocycles. The van der Waals surface area contributed by atoms with Crippen LogP contribution in [0.15, 0.2) is 42.5 Å². The summed E-state index contributed by atoms with van der Waals surface area (Å²) in [5.41, 5.74) is 9.16. The van der Waals surface area contributed by atoms with Gasteiger partial charge < -0.3 is 15.4 Å². The fourth-order valence-electron chi connectivity index (χ4n) is 3.64. The summed E-state index contributed by atoms with van der Waals surface area (Å²) in [7, 11) is 0. The molecule has 140 valence electrons. The first-order valence-corrected chi connectivity index (χ1v) is 9.22. The van der Waals surface area contributed by atoms with Gasteiger partial charge in [-0.05, 0) is 42.5 Å². The number of aromatic nitrogens is 1. The fourth-order valence-corrected chi connectivity index (χ4v) is 3.64. The van der Waals surface area contributed by atoms with Crippen molar-refractivity contribution in [2.24, 2.45) is 5.73 Å². The predicted octanol–water partition coefficient (Wildman–Crippen LogP) is 3.38. The molecule has 2 aromatic carbocycles.